The Labute approximate surface area is 193 Å². The van der Waals surface area contributed by atoms with E-state index in [2.05, 4.69) is 9.97 Å². The molecule has 0 spiro atoms. The van der Waals surface area contributed by atoms with E-state index in [4.69, 9.17) is 14.9 Å². The molecule has 1 aromatic heterocycles. The number of carbonyl (C=O) groups excluding carboxylic acids is 2. The van der Waals surface area contributed by atoms with Gasteiger partial charge in [-0.3, -0.25) is 4.79 Å². The maximum Gasteiger partial charge on any atom is 0.338 e. The molecule has 9 nitrogen and oxygen atoms in total. The molecule has 0 bridgehead atoms. The fourth-order valence-corrected chi connectivity index (χ4v) is 2.96. The Morgan fingerprint density at radius 3 is 2.03 bits per heavy atom. The number of aromatic carboxylic acids is 2. The lowest BCUT2D eigenvalue weighted by molar-refractivity contribution is 0.0525. The molecule has 3 aromatic carbocycles. The van der Waals surface area contributed by atoms with Crippen molar-refractivity contribution in [2.75, 3.05) is 6.61 Å². The molecular weight excluding hydrogens is 440 g/mol. The monoisotopic (exact) mass is 460 g/mol. The quantitative estimate of drug-likeness (QED) is 0.285. The SMILES string of the molecule is CCOC(=O)c1ccc(C=O)cc1.O=C(O)c1ccc(-c2nc3ccc(C(=O)O)cc3[nH]2)cc1. The lowest BCUT2D eigenvalue weighted by atomic mass is 10.1. The lowest BCUT2D eigenvalue weighted by Gasteiger charge is -2.00. The van der Waals surface area contributed by atoms with Gasteiger partial charge >= 0.3 is 17.9 Å². The molecule has 0 atom stereocenters. The molecule has 4 rings (SSSR count). The van der Waals surface area contributed by atoms with Crippen molar-refractivity contribution < 1.29 is 34.1 Å². The number of nitrogens with one attached hydrogen (secondary N) is 1. The normalized spacial score (nSPS) is 10.1. The molecule has 0 fully saturated rings. The molecule has 4 aromatic rings. The number of nitrogens with zero attached hydrogens (tertiary/aromatic N) is 1. The second-order valence-corrected chi connectivity index (χ2v) is 6.97. The third kappa shape index (κ3) is 5.71. The van der Waals surface area contributed by atoms with Crippen LogP contribution in [-0.4, -0.2) is 51.0 Å². The van der Waals surface area contributed by atoms with E-state index < -0.39 is 11.9 Å². The molecule has 0 saturated carbocycles. The van der Waals surface area contributed by atoms with Gasteiger partial charge in [0.2, 0.25) is 0 Å². The van der Waals surface area contributed by atoms with Crippen LogP contribution in [0, 0.1) is 0 Å². The van der Waals surface area contributed by atoms with Crippen molar-refractivity contribution in [1.82, 2.24) is 9.97 Å². The molecule has 0 unspecified atom stereocenters. The van der Waals surface area contributed by atoms with Gasteiger partial charge in [-0.25, -0.2) is 19.4 Å². The summed E-state index contributed by atoms with van der Waals surface area (Å²) in [5, 5.41) is 17.8. The van der Waals surface area contributed by atoms with Gasteiger partial charge in [0.15, 0.2) is 0 Å². The Hall–Kier alpha value is -4.79. The molecule has 0 aliphatic rings. The number of esters is 1. The summed E-state index contributed by atoms with van der Waals surface area (Å²) in [5.74, 6) is -1.79. The third-order valence-corrected chi connectivity index (χ3v) is 4.69. The van der Waals surface area contributed by atoms with Gasteiger partial charge in [-0.15, -0.1) is 0 Å². The Bertz CT molecular complexity index is 1340. The van der Waals surface area contributed by atoms with Crippen molar-refractivity contribution in [3.8, 4) is 11.4 Å². The van der Waals surface area contributed by atoms with E-state index >= 15 is 0 Å². The molecule has 1 heterocycles. The third-order valence-electron chi connectivity index (χ3n) is 4.69. The predicted molar refractivity (Wildman–Crippen MR) is 123 cm³/mol. The number of aldehydes is 1. The minimum absolute atomic E-state index is 0.180. The smallest absolute Gasteiger partial charge is 0.338 e. The first-order valence-electron chi connectivity index (χ1n) is 10.1. The summed E-state index contributed by atoms with van der Waals surface area (Å²) in [7, 11) is 0. The maximum atomic E-state index is 11.1. The highest BCUT2D eigenvalue weighted by Gasteiger charge is 2.10. The number of hydrogen-bond donors (Lipinski definition) is 3. The van der Waals surface area contributed by atoms with Gasteiger partial charge in [0, 0.05) is 11.1 Å². The summed E-state index contributed by atoms with van der Waals surface area (Å²) in [4.78, 5) is 50.6. The number of benzene rings is 3. The molecule has 34 heavy (non-hydrogen) atoms. The van der Waals surface area contributed by atoms with Crippen LogP contribution in [0.4, 0.5) is 0 Å². The molecule has 172 valence electrons. The van der Waals surface area contributed by atoms with Crippen molar-refractivity contribution in [3.05, 3.63) is 89.0 Å². The molecular formula is C25H20N2O7. The van der Waals surface area contributed by atoms with Gasteiger partial charge in [-0.2, -0.15) is 0 Å². The Balaban J connectivity index is 0.000000215. The largest absolute Gasteiger partial charge is 0.478 e. The fraction of sp³-hybridized carbons (Fsp3) is 0.0800. The lowest BCUT2D eigenvalue weighted by Crippen LogP contribution is -2.04. The average molecular weight is 460 g/mol. The first kappa shape index (κ1) is 23.9. The number of ether oxygens (including phenoxy) is 1. The van der Waals surface area contributed by atoms with Crippen LogP contribution in [0.5, 0.6) is 0 Å². The van der Waals surface area contributed by atoms with Gasteiger partial charge in [0.1, 0.15) is 12.1 Å². The van der Waals surface area contributed by atoms with Crippen LogP contribution < -0.4 is 0 Å². The van der Waals surface area contributed by atoms with Gasteiger partial charge < -0.3 is 19.9 Å². The van der Waals surface area contributed by atoms with Gasteiger partial charge in [-0.05, 0) is 49.4 Å². The highest BCUT2D eigenvalue weighted by atomic mass is 16.5. The summed E-state index contributed by atoms with van der Waals surface area (Å²) < 4.78 is 4.77. The summed E-state index contributed by atoms with van der Waals surface area (Å²) >= 11 is 0. The number of carbonyl (C=O) groups is 4. The second kappa shape index (κ2) is 10.7. The van der Waals surface area contributed by atoms with Crippen molar-refractivity contribution in [3.63, 3.8) is 0 Å². The maximum absolute atomic E-state index is 11.1. The number of H-pyrrole nitrogens is 1. The van der Waals surface area contributed by atoms with Crippen LogP contribution in [0.3, 0.4) is 0 Å². The number of aromatic amines is 1. The van der Waals surface area contributed by atoms with Crippen LogP contribution in [-0.2, 0) is 4.74 Å². The van der Waals surface area contributed by atoms with Crippen molar-refractivity contribution in [2.24, 2.45) is 0 Å². The number of fused-ring (bicyclic) bond motifs is 1. The average Bonchev–Trinajstić information content (AvgIpc) is 3.28. The molecule has 0 saturated heterocycles. The number of imidazole rings is 1. The van der Waals surface area contributed by atoms with Crippen molar-refractivity contribution in [1.29, 1.82) is 0 Å². The summed E-state index contributed by atoms with van der Waals surface area (Å²) in [6.45, 7) is 2.10. The fourth-order valence-electron chi connectivity index (χ4n) is 2.96. The first-order chi connectivity index (χ1) is 16.3. The molecule has 0 radical (unpaired) electrons. The van der Waals surface area contributed by atoms with Crippen LogP contribution in [0.2, 0.25) is 0 Å². The van der Waals surface area contributed by atoms with E-state index in [1.165, 1.54) is 24.3 Å². The molecule has 9 heteroatoms. The zero-order valence-corrected chi connectivity index (χ0v) is 18.0. The van der Waals surface area contributed by atoms with E-state index in [1.54, 1.807) is 49.4 Å². The van der Waals surface area contributed by atoms with Crippen LogP contribution in [0.25, 0.3) is 22.4 Å². The number of hydrogen-bond acceptors (Lipinski definition) is 6. The van der Waals surface area contributed by atoms with Gasteiger partial charge in [-0.1, -0.05) is 24.3 Å². The molecule has 3 N–H and O–H groups in total. The second-order valence-electron chi connectivity index (χ2n) is 6.97. The Kier molecular flexibility index (Phi) is 7.50. The number of aromatic nitrogens is 2. The van der Waals surface area contributed by atoms with Crippen molar-refractivity contribution >= 4 is 35.2 Å². The highest BCUT2D eigenvalue weighted by molar-refractivity contribution is 5.93. The number of rotatable bonds is 6. The van der Waals surface area contributed by atoms with Crippen LogP contribution in [0.1, 0.15) is 48.4 Å². The minimum atomic E-state index is -1.00. The van der Waals surface area contributed by atoms with Crippen LogP contribution >= 0.6 is 0 Å². The molecule has 0 aliphatic heterocycles. The predicted octanol–water partition coefficient (Wildman–Crippen LogP) is 4.30. The molecule has 0 aliphatic carbocycles. The van der Waals surface area contributed by atoms with E-state index in [0.717, 1.165) is 11.8 Å². The number of carboxylic acids is 2. The topological polar surface area (TPSA) is 147 Å². The summed E-state index contributed by atoms with van der Waals surface area (Å²) in [6.07, 6.45) is 0.731. The van der Waals surface area contributed by atoms with Crippen molar-refractivity contribution in [2.45, 2.75) is 6.92 Å². The zero-order valence-electron chi connectivity index (χ0n) is 18.0. The van der Waals surface area contributed by atoms with E-state index in [1.807, 2.05) is 0 Å². The first-order valence-corrected chi connectivity index (χ1v) is 10.1. The summed E-state index contributed by atoms with van der Waals surface area (Å²) in [5.41, 5.74) is 3.39. The van der Waals surface area contributed by atoms with E-state index in [-0.39, 0.29) is 17.1 Å². The zero-order chi connectivity index (χ0) is 24.7. The number of carboxylic acid groups (broad SMARTS) is 2. The summed E-state index contributed by atoms with van der Waals surface area (Å²) in [6, 6.07) is 17.2. The Morgan fingerprint density at radius 1 is 0.882 bits per heavy atom. The van der Waals surface area contributed by atoms with Gasteiger partial charge in [0.25, 0.3) is 0 Å². The minimum Gasteiger partial charge on any atom is -0.478 e. The van der Waals surface area contributed by atoms with E-state index in [0.29, 0.717) is 34.6 Å². The van der Waals surface area contributed by atoms with Gasteiger partial charge in [0.05, 0.1) is 34.3 Å². The molecule has 0 amide bonds. The standard InChI is InChI=1S/C15H10N2O4.C10H10O3/c18-14(19)9-3-1-8(2-4-9)13-16-11-6-5-10(15(20)21)7-12(11)17-13;1-2-13-10(12)9-5-3-8(7-11)4-6-9/h1-7H,(H,16,17)(H,18,19)(H,20,21);3-7H,2H2,1H3. The highest BCUT2D eigenvalue weighted by Crippen LogP contribution is 2.22. The Morgan fingerprint density at radius 2 is 1.47 bits per heavy atom. The van der Waals surface area contributed by atoms with Crippen LogP contribution in [0.15, 0.2) is 66.7 Å². The van der Waals surface area contributed by atoms with E-state index in [9.17, 15) is 19.2 Å².